The SMILES string of the molecule is O=C(O)c1cccc(C#Cc2cccc(NC(=O)c3ccnnc3)c2)c1. The van der Waals surface area contributed by atoms with Gasteiger partial charge in [0.1, 0.15) is 0 Å². The van der Waals surface area contributed by atoms with Gasteiger partial charge in [0.05, 0.1) is 23.5 Å². The van der Waals surface area contributed by atoms with Gasteiger partial charge in [0.2, 0.25) is 0 Å². The highest BCUT2D eigenvalue weighted by molar-refractivity contribution is 6.04. The van der Waals surface area contributed by atoms with E-state index in [2.05, 4.69) is 27.4 Å². The number of carbonyl (C=O) groups is 2. The number of nitrogens with one attached hydrogen (secondary N) is 1. The summed E-state index contributed by atoms with van der Waals surface area (Å²) in [6, 6.07) is 15.0. The van der Waals surface area contributed by atoms with Crippen molar-refractivity contribution in [2.75, 3.05) is 5.32 Å². The summed E-state index contributed by atoms with van der Waals surface area (Å²) in [7, 11) is 0. The Balaban J connectivity index is 1.77. The minimum Gasteiger partial charge on any atom is -0.478 e. The zero-order valence-corrected chi connectivity index (χ0v) is 13.5. The summed E-state index contributed by atoms with van der Waals surface area (Å²) < 4.78 is 0. The fraction of sp³-hybridized carbons (Fsp3) is 0. The van der Waals surface area contributed by atoms with E-state index in [1.54, 1.807) is 42.5 Å². The number of carbonyl (C=O) groups excluding carboxylic acids is 1. The van der Waals surface area contributed by atoms with Crippen LogP contribution >= 0.6 is 0 Å². The Morgan fingerprint density at radius 3 is 2.31 bits per heavy atom. The quantitative estimate of drug-likeness (QED) is 0.714. The molecule has 0 radical (unpaired) electrons. The molecule has 3 aromatic rings. The van der Waals surface area contributed by atoms with Gasteiger partial charge < -0.3 is 10.4 Å². The molecule has 0 aliphatic rings. The predicted octanol–water partition coefficient (Wildman–Crippen LogP) is 2.83. The van der Waals surface area contributed by atoms with E-state index in [9.17, 15) is 9.59 Å². The number of nitrogens with zero attached hydrogens (tertiary/aromatic N) is 2. The first kappa shape index (κ1) is 16.9. The molecule has 6 heteroatoms. The lowest BCUT2D eigenvalue weighted by atomic mass is 10.1. The third-order valence-electron chi connectivity index (χ3n) is 3.43. The minimum atomic E-state index is -0.996. The lowest BCUT2D eigenvalue weighted by molar-refractivity contribution is 0.0696. The van der Waals surface area contributed by atoms with E-state index in [4.69, 9.17) is 5.11 Å². The van der Waals surface area contributed by atoms with Crippen LogP contribution in [0.25, 0.3) is 0 Å². The summed E-state index contributed by atoms with van der Waals surface area (Å²) in [5.74, 6) is 4.60. The van der Waals surface area contributed by atoms with Gasteiger partial charge in [0, 0.05) is 16.8 Å². The first-order valence-electron chi connectivity index (χ1n) is 7.65. The number of carboxylic acid groups (broad SMARTS) is 1. The molecule has 0 saturated carbocycles. The van der Waals surface area contributed by atoms with Crippen molar-refractivity contribution in [1.82, 2.24) is 10.2 Å². The van der Waals surface area contributed by atoms with Crippen molar-refractivity contribution in [3.8, 4) is 11.8 Å². The molecule has 1 heterocycles. The summed E-state index contributed by atoms with van der Waals surface area (Å²) >= 11 is 0. The Hall–Kier alpha value is -3.98. The van der Waals surface area contributed by atoms with E-state index in [0.29, 0.717) is 22.4 Å². The summed E-state index contributed by atoms with van der Waals surface area (Å²) in [5.41, 5.74) is 2.47. The molecule has 1 aromatic heterocycles. The van der Waals surface area contributed by atoms with Gasteiger partial charge in [-0.3, -0.25) is 4.79 Å². The second-order valence-corrected chi connectivity index (χ2v) is 5.30. The van der Waals surface area contributed by atoms with E-state index >= 15 is 0 Å². The standard InChI is InChI=1S/C20H13N3O3/c24-19(17-9-10-21-22-13-17)23-18-6-2-4-15(12-18)8-7-14-3-1-5-16(11-14)20(25)26/h1-6,9-13H,(H,23,24)(H,25,26). The third-order valence-corrected chi connectivity index (χ3v) is 3.43. The Morgan fingerprint density at radius 1 is 0.885 bits per heavy atom. The predicted molar refractivity (Wildman–Crippen MR) is 95.8 cm³/mol. The molecule has 0 fully saturated rings. The number of hydrogen-bond donors (Lipinski definition) is 2. The van der Waals surface area contributed by atoms with Crippen molar-refractivity contribution in [1.29, 1.82) is 0 Å². The van der Waals surface area contributed by atoms with Crippen molar-refractivity contribution in [3.63, 3.8) is 0 Å². The zero-order chi connectivity index (χ0) is 18.4. The first-order chi connectivity index (χ1) is 12.6. The second-order valence-electron chi connectivity index (χ2n) is 5.30. The van der Waals surface area contributed by atoms with Crippen LogP contribution in [0.3, 0.4) is 0 Å². The van der Waals surface area contributed by atoms with Gasteiger partial charge in [-0.1, -0.05) is 24.0 Å². The molecular weight excluding hydrogens is 330 g/mol. The second kappa shape index (κ2) is 7.73. The average molecular weight is 343 g/mol. The lowest BCUT2D eigenvalue weighted by Crippen LogP contribution is -2.12. The normalized spacial score (nSPS) is 9.69. The number of aromatic nitrogens is 2. The van der Waals surface area contributed by atoms with E-state index in [1.165, 1.54) is 24.5 Å². The van der Waals surface area contributed by atoms with E-state index < -0.39 is 5.97 Å². The smallest absolute Gasteiger partial charge is 0.335 e. The highest BCUT2D eigenvalue weighted by Crippen LogP contribution is 2.12. The third kappa shape index (κ3) is 4.30. The van der Waals surface area contributed by atoms with Crippen molar-refractivity contribution in [2.45, 2.75) is 0 Å². The van der Waals surface area contributed by atoms with Crippen LogP contribution in [0, 0.1) is 11.8 Å². The van der Waals surface area contributed by atoms with Crippen LogP contribution < -0.4 is 5.32 Å². The van der Waals surface area contributed by atoms with Crippen LogP contribution in [0.4, 0.5) is 5.69 Å². The Labute approximate surface area is 149 Å². The van der Waals surface area contributed by atoms with Gasteiger partial charge in [-0.05, 0) is 42.5 Å². The van der Waals surface area contributed by atoms with Crippen LogP contribution in [0.2, 0.25) is 0 Å². The monoisotopic (exact) mass is 343 g/mol. The van der Waals surface area contributed by atoms with Crippen LogP contribution in [0.15, 0.2) is 67.0 Å². The molecule has 1 amide bonds. The van der Waals surface area contributed by atoms with Crippen molar-refractivity contribution >= 4 is 17.6 Å². The molecule has 0 bridgehead atoms. The summed E-state index contributed by atoms with van der Waals surface area (Å²) in [6.07, 6.45) is 2.83. The molecule has 6 nitrogen and oxygen atoms in total. The summed E-state index contributed by atoms with van der Waals surface area (Å²) in [5, 5.41) is 19.1. The molecule has 0 saturated heterocycles. The van der Waals surface area contributed by atoms with Gasteiger partial charge in [-0.25, -0.2) is 4.79 Å². The molecule has 2 aromatic carbocycles. The Kier molecular flexibility index (Phi) is 5.01. The van der Waals surface area contributed by atoms with Crippen molar-refractivity contribution < 1.29 is 14.7 Å². The molecule has 2 N–H and O–H groups in total. The van der Waals surface area contributed by atoms with E-state index in [0.717, 1.165) is 0 Å². The van der Waals surface area contributed by atoms with E-state index in [-0.39, 0.29) is 11.5 Å². The number of benzene rings is 2. The minimum absolute atomic E-state index is 0.184. The highest BCUT2D eigenvalue weighted by atomic mass is 16.4. The van der Waals surface area contributed by atoms with Crippen LogP contribution in [0.5, 0.6) is 0 Å². The number of amides is 1. The highest BCUT2D eigenvalue weighted by Gasteiger charge is 2.06. The van der Waals surface area contributed by atoms with Crippen LogP contribution in [0.1, 0.15) is 31.8 Å². The molecular formula is C20H13N3O3. The number of aromatic carboxylic acids is 1. The van der Waals surface area contributed by atoms with Gasteiger partial charge >= 0.3 is 5.97 Å². The molecule has 26 heavy (non-hydrogen) atoms. The topological polar surface area (TPSA) is 92.2 Å². The molecule has 126 valence electrons. The fourth-order valence-electron chi connectivity index (χ4n) is 2.18. The molecule has 0 aliphatic carbocycles. The van der Waals surface area contributed by atoms with E-state index in [1.807, 2.05) is 0 Å². The molecule has 0 unspecified atom stereocenters. The van der Waals surface area contributed by atoms with Crippen LogP contribution in [-0.2, 0) is 0 Å². The van der Waals surface area contributed by atoms with Gasteiger partial charge in [0.25, 0.3) is 5.91 Å². The van der Waals surface area contributed by atoms with Crippen molar-refractivity contribution in [2.24, 2.45) is 0 Å². The average Bonchev–Trinajstić information content (AvgIpc) is 2.67. The number of anilines is 1. The van der Waals surface area contributed by atoms with Crippen molar-refractivity contribution in [3.05, 3.63) is 89.2 Å². The Bertz CT molecular complexity index is 1020. The van der Waals surface area contributed by atoms with Crippen LogP contribution in [-0.4, -0.2) is 27.2 Å². The molecule has 0 atom stereocenters. The van der Waals surface area contributed by atoms with Gasteiger partial charge in [0.15, 0.2) is 0 Å². The van der Waals surface area contributed by atoms with Gasteiger partial charge in [-0.15, -0.1) is 0 Å². The number of hydrogen-bond acceptors (Lipinski definition) is 4. The molecule has 0 spiro atoms. The lowest BCUT2D eigenvalue weighted by Gasteiger charge is -2.04. The zero-order valence-electron chi connectivity index (χ0n) is 13.5. The largest absolute Gasteiger partial charge is 0.478 e. The van der Waals surface area contributed by atoms with Gasteiger partial charge in [-0.2, -0.15) is 10.2 Å². The summed E-state index contributed by atoms with van der Waals surface area (Å²) in [4.78, 5) is 23.1. The fourth-order valence-corrected chi connectivity index (χ4v) is 2.18. The number of carboxylic acids is 1. The molecule has 0 aliphatic heterocycles. The maximum Gasteiger partial charge on any atom is 0.335 e. The maximum absolute atomic E-state index is 12.1. The maximum atomic E-state index is 12.1. The Morgan fingerprint density at radius 2 is 1.62 bits per heavy atom. The summed E-state index contributed by atoms with van der Waals surface area (Å²) in [6.45, 7) is 0. The molecule has 3 rings (SSSR count). The first-order valence-corrected chi connectivity index (χ1v) is 7.65. The number of rotatable bonds is 3.